The van der Waals surface area contributed by atoms with Gasteiger partial charge in [0.25, 0.3) is 15.0 Å². The summed E-state index contributed by atoms with van der Waals surface area (Å²) in [4.78, 5) is 12.1. The van der Waals surface area contributed by atoms with Crippen LogP contribution in [0.15, 0.2) is 21.5 Å². The Kier molecular flexibility index (Phi) is 5.75. The van der Waals surface area contributed by atoms with Crippen molar-refractivity contribution in [3.63, 3.8) is 0 Å². The van der Waals surface area contributed by atoms with E-state index in [4.69, 9.17) is 22.3 Å². The fourth-order valence-electron chi connectivity index (χ4n) is 1.38. The SMILES string of the molecule is CC(NC(=O)c1cc(S(=O)(=O)Cl)c(Br)cc1Cl)C(C)(C)C. The average molecular weight is 417 g/mol. The maximum absolute atomic E-state index is 12.3. The minimum atomic E-state index is -3.98. The largest absolute Gasteiger partial charge is 0.349 e. The number of carbonyl (C=O) groups excluding carboxylic acids is 1. The van der Waals surface area contributed by atoms with Crippen LogP contribution in [0.2, 0.25) is 5.02 Å². The van der Waals surface area contributed by atoms with Gasteiger partial charge in [-0.2, -0.15) is 0 Å². The van der Waals surface area contributed by atoms with E-state index < -0.39 is 15.0 Å². The highest BCUT2D eigenvalue weighted by atomic mass is 79.9. The zero-order chi connectivity index (χ0) is 16.6. The number of hydrogen-bond acceptors (Lipinski definition) is 3. The van der Waals surface area contributed by atoms with Crippen molar-refractivity contribution in [2.75, 3.05) is 0 Å². The van der Waals surface area contributed by atoms with Crippen LogP contribution in [0.1, 0.15) is 38.1 Å². The fourth-order valence-corrected chi connectivity index (χ4v) is 3.96. The van der Waals surface area contributed by atoms with Crippen LogP contribution < -0.4 is 5.32 Å². The summed E-state index contributed by atoms with van der Waals surface area (Å²) in [5.41, 5.74) is -0.0750. The van der Waals surface area contributed by atoms with Crippen molar-refractivity contribution >= 4 is 53.2 Å². The summed E-state index contributed by atoms with van der Waals surface area (Å²) in [7, 11) is 1.36. The summed E-state index contributed by atoms with van der Waals surface area (Å²) in [5.74, 6) is -0.448. The van der Waals surface area contributed by atoms with Gasteiger partial charge in [0.2, 0.25) is 0 Å². The van der Waals surface area contributed by atoms with Crippen LogP contribution in [0.5, 0.6) is 0 Å². The lowest BCUT2D eigenvalue weighted by atomic mass is 9.88. The van der Waals surface area contributed by atoms with Gasteiger partial charge in [0, 0.05) is 21.2 Å². The maximum Gasteiger partial charge on any atom is 0.262 e. The lowest BCUT2D eigenvalue weighted by Gasteiger charge is -2.28. The standard InChI is InChI=1S/C13H16BrCl2NO3S/c1-7(13(2,3)4)17-12(18)8-5-11(21(16,19)20)9(14)6-10(8)15/h5-7H,1-4H3,(H,17,18). The molecule has 8 heteroatoms. The second kappa shape index (κ2) is 6.44. The van der Waals surface area contributed by atoms with Crippen LogP contribution in [0, 0.1) is 5.41 Å². The molecule has 1 rings (SSSR count). The molecule has 0 fully saturated rings. The highest BCUT2D eigenvalue weighted by Gasteiger charge is 2.25. The molecular weight excluding hydrogens is 401 g/mol. The molecular formula is C13H16BrCl2NO3S. The van der Waals surface area contributed by atoms with Gasteiger partial charge in [-0.1, -0.05) is 32.4 Å². The first-order valence-electron chi connectivity index (χ1n) is 6.08. The molecule has 0 aliphatic rings. The van der Waals surface area contributed by atoms with Gasteiger partial charge in [-0.3, -0.25) is 4.79 Å². The average Bonchev–Trinajstić information content (AvgIpc) is 2.25. The summed E-state index contributed by atoms with van der Waals surface area (Å²) in [6.45, 7) is 7.81. The number of hydrogen-bond donors (Lipinski definition) is 1. The van der Waals surface area contributed by atoms with Gasteiger partial charge >= 0.3 is 0 Å². The van der Waals surface area contributed by atoms with Crippen molar-refractivity contribution in [1.29, 1.82) is 0 Å². The topological polar surface area (TPSA) is 63.2 Å². The lowest BCUT2D eigenvalue weighted by molar-refractivity contribution is 0.0910. The van der Waals surface area contributed by atoms with Crippen LogP contribution in [-0.4, -0.2) is 20.4 Å². The molecule has 4 nitrogen and oxygen atoms in total. The predicted octanol–water partition coefficient (Wildman–Crippen LogP) is 4.19. The third-order valence-corrected chi connectivity index (χ3v) is 5.77. The van der Waals surface area contributed by atoms with Gasteiger partial charge in [-0.15, -0.1) is 0 Å². The van der Waals surface area contributed by atoms with Crippen molar-refractivity contribution in [2.45, 2.75) is 38.6 Å². The second-order valence-electron chi connectivity index (χ2n) is 5.76. The molecule has 0 radical (unpaired) electrons. The van der Waals surface area contributed by atoms with Gasteiger partial charge in [-0.25, -0.2) is 8.42 Å². The Morgan fingerprint density at radius 1 is 1.33 bits per heavy atom. The first-order valence-corrected chi connectivity index (χ1v) is 9.56. The van der Waals surface area contributed by atoms with Crippen LogP contribution in [0.4, 0.5) is 0 Å². The van der Waals surface area contributed by atoms with E-state index in [2.05, 4.69) is 21.2 Å². The van der Waals surface area contributed by atoms with E-state index in [1.807, 2.05) is 27.7 Å². The van der Waals surface area contributed by atoms with Gasteiger partial charge in [0.05, 0.1) is 15.5 Å². The van der Waals surface area contributed by atoms with Crippen molar-refractivity contribution < 1.29 is 13.2 Å². The van der Waals surface area contributed by atoms with E-state index >= 15 is 0 Å². The molecule has 21 heavy (non-hydrogen) atoms. The van der Waals surface area contributed by atoms with E-state index in [9.17, 15) is 13.2 Å². The van der Waals surface area contributed by atoms with Crippen LogP contribution in [-0.2, 0) is 9.05 Å². The zero-order valence-electron chi connectivity index (χ0n) is 12.0. The normalized spacial score (nSPS) is 13.9. The summed E-state index contributed by atoms with van der Waals surface area (Å²) in [5, 5.41) is 2.94. The number of amides is 1. The Balaban J connectivity index is 3.23. The molecule has 0 aromatic heterocycles. The van der Waals surface area contributed by atoms with E-state index in [0.717, 1.165) is 0 Å². The lowest BCUT2D eigenvalue weighted by Crippen LogP contribution is -2.41. The Labute approximate surface area is 142 Å². The van der Waals surface area contributed by atoms with E-state index in [0.29, 0.717) is 0 Å². The minimum Gasteiger partial charge on any atom is -0.349 e. The molecule has 0 aliphatic carbocycles. The molecule has 1 aromatic rings. The van der Waals surface area contributed by atoms with Crippen LogP contribution in [0.25, 0.3) is 0 Å². The Hall–Kier alpha value is -0.300. The Morgan fingerprint density at radius 2 is 1.86 bits per heavy atom. The number of nitrogens with one attached hydrogen (secondary N) is 1. The summed E-state index contributed by atoms with van der Waals surface area (Å²) in [6.07, 6.45) is 0. The van der Waals surface area contributed by atoms with E-state index in [1.54, 1.807) is 0 Å². The molecule has 0 saturated carbocycles. The molecule has 0 heterocycles. The molecule has 1 atom stereocenters. The third kappa shape index (κ3) is 4.84. The van der Waals surface area contributed by atoms with Crippen molar-refractivity contribution in [3.05, 3.63) is 27.2 Å². The first kappa shape index (κ1) is 18.7. The molecule has 1 unspecified atom stereocenters. The summed E-state index contributed by atoms with van der Waals surface area (Å²) < 4.78 is 23.2. The molecule has 0 saturated heterocycles. The third-order valence-electron chi connectivity index (χ3n) is 3.18. The van der Waals surface area contributed by atoms with Crippen molar-refractivity contribution in [2.24, 2.45) is 5.41 Å². The zero-order valence-corrected chi connectivity index (χ0v) is 15.9. The molecule has 1 aromatic carbocycles. The van der Waals surface area contributed by atoms with Gasteiger partial charge in [0.15, 0.2) is 0 Å². The maximum atomic E-state index is 12.3. The summed E-state index contributed by atoms with van der Waals surface area (Å²) >= 11 is 9.08. The molecule has 0 aliphatic heterocycles. The van der Waals surface area contributed by atoms with Crippen LogP contribution in [0.3, 0.4) is 0 Å². The van der Waals surface area contributed by atoms with Gasteiger partial charge in [-0.05, 0) is 40.4 Å². The van der Waals surface area contributed by atoms with Crippen molar-refractivity contribution in [3.8, 4) is 0 Å². The first-order chi connectivity index (χ1) is 9.34. The Morgan fingerprint density at radius 3 is 2.29 bits per heavy atom. The second-order valence-corrected chi connectivity index (χ2v) is 9.56. The highest BCUT2D eigenvalue weighted by Crippen LogP contribution is 2.31. The van der Waals surface area contributed by atoms with E-state index in [1.165, 1.54) is 12.1 Å². The smallest absolute Gasteiger partial charge is 0.262 e. The molecule has 0 bridgehead atoms. The highest BCUT2D eigenvalue weighted by molar-refractivity contribution is 9.10. The minimum absolute atomic E-state index is 0.0650. The molecule has 1 amide bonds. The molecule has 118 valence electrons. The summed E-state index contributed by atoms with van der Waals surface area (Å²) in [6, 6.07) is 2.38. The van der Waals surface area contributed by atoms with Crippen molar-refractivity contribution in [1.82, 2.24) is 5.32 Å². The molecule has 0 spiro atoms. The monoisotopic (exact) mass is 415 g/mol. The number of carbonyl (C=O) groups is 1. The van der Waals surface area contributed by atoms with Crippen LogP contribution >= 0.6 is 38.2 Å². The van der Waals surface area contributed by atoms with E-state index in [-0.39, 0.29) is 31.4 Å². The number of benzene rings is 1. The van der Waals surface area contributed by atoms with Gasteiger partial charge < -0.3 is 5.32 Å². The molecule has 1 N–H and O–H groups in total. The Bertz CT molecular complexity index is 669. The number of halogens is 3. The van der Waals surface area contributed by atoms with Gasteiger partial charge in [0.1, 0.15) is 0 Å². The number of rotatable bonds is 3. The predicted molar refractivity (Wildman–Crippen MR) is 88.6 cm³/mol. The quantitative estimate of drug-likeness (QED) is 0.751. The fraction of sp³-hybridized carbons (Fsp3) is 0.462.